The van der Waals surface area contributed by atoms with E-state index in [-0.39, 0.29) is 36.2 Å². The van der Waals surface area contributed by atoms with Crippen molar-refractivity contribution < 1.29 is 18.4 Å². The van der Waals surface area contributed by atoms with Crippen molar-refractivity contribution in [3.05, 3.63) is 76.4 Å². The number of amides is 2. The van der Waals surface area contributed by atoms with Crippen molar-refractivity contribution in [3.8, 4) is 11.3 Å². The highest BCUT2D eigenvalue weighted by molar-refractivity contribution is 6.33. The second kappa shape index (κ2) is 10.5. The molecule has 1 saturated heterocycles. The molecule has 0 bridgehead atoms. The van der Waals surface area contributed by atoms with Crippen molar-refractivity contribution in [2.45, 2.75) is 30.8 Å². The molecule has 1 aliphatic rings. The summed E-state index contributed by atoms with van der Waals surface area (Å²) in [7, 11) is 3.35. The maximum absolute atomic E-state index is 14.0. The van der Waals surface area contributed by atoms with Gasteiger partial charge in [-0.25, -0.2) is 8.78 Å². The van der Waals surface area contributed by atoms with Crippen LogP contribution in [0.25, 0.3) is 11.3 Å². The number of carbonyl (C=O) groups excluding carboxylic acids is 2. The summed E-state index contributed by atoms with van der Waals surface area (Å²) in [5.41, 5.74) is 2.58. The van der Waals surface area contributed by atoms with E-state index >= 15 is 0 Å². The van der Waals surface area contributed by atoms with E-state index in [9.17, 15) is 18.4 Å². The third-order valence-corrected chi connectivity index (χ3v) is 6.64. The molecule has 0 radical (unpaired) electrons. The Hall–Kier alpha value is -3.30. The van der Waals surface area contributed by atoms with Gasteiger partial charge in [0.05, 0.1) is 16.9 Å². The maximum atomic E-state index is 14.0. The van der Waals surface area contributed by atoms with Gasteiger partial charge in [-0.2, -0.15) is 5.10 Å². The lowest BCUT2D eigenvalue weighted by atomic mass is 9.81. The fraction of sp³-hybridized carbons (Fsp3) is 0.320. The fourth-order valence-electron chi connectivity index (χ4n) is 4.50. The van der Waals surface area contributed by atoms with Crippen LogP contribution in [0.4, 0.5) is 8.78 Å². The van der Waals surface area contributed by atoms with Gasteiger partial charge in [0.1, 0.15) is 0 Å². The van der Waals surface area contributed by atoms with Crippen LogP contribution in [0, 0.1) is 11.6 Å². The fourth-order valence-corrected chi connectivity index (χ4v) is 4.78. The number of carbonyl (C=O) groups is 2. The first kappa shape index (κ1) is 24.8. The van der Waals surface area contributed by atoms with Crippen LogP contribution in [0.15, 0.2) is 48.7 Å². The molecule has 0 spiro atoms. The third kappa shape index (κ3) is 5.52. The molecule has 4 rings (SSSR count). The van der Waals surface area contributed by atoms with Gasteiger partial charge >= 0.3 is 0 Å². The largest absolute Gasteiger partial charge is 0.359 e. The number of piperidine rings is 1. The van der Waals surface area contributed by atoms with Crippen molar-refractivity contribution in [2.75, 3.05) is 13.6 Å². The summed E-state index contributed by atoms with van der Waals surface area (Å²) in [6.07, 6.45) is 2.28. The number of hydrogen-bond donors (Lipinski definition) is 3. The van der Waals surface area contributed by atoms with Gasteiger partial charge in [-0.05, 0) is 36.2 Å². The second-order valence-corrected chi connectivity index (χ2v) is 9.03. The molecule has 1 fully saturated rings. The standard InChI is InChI=1S/C25H26ClF2N5O2/c1-29-23(34)11-17-10-18(16-7-8-20(27)21(28)9-16)22(13-30-17)32-25(35)15-5-3-14(4-6-15)24-19(26)12-31-33(24)2/h3-9,12,17-18,22,30H,10-11,13H2,1-2H3,(H,29,34)(H,32,35)/t17?,18-,22+/m0/s1. The molecule has 0 saturated carbocycles. The first-order valence-corrected chi connectivity index (χ1v) is 11.6. The van der Waals surface area contributed by atoms with Gasteiger partial charge in [0, 0.05) is 56.2 Å². The van der Waals surface area contributed by atoms with Crippen molar-refractivity contribution in [1.29, 1.82) is 0 Å². The Morgan fingerprint density at radius 1 is 1.17 bits per heavy atom. The van der Waals surface area contributed by atoms with E-state index in [2.05, 4.69) is 21.0 Å². The minimum Gasteiger partial charge on any atom is -0.359 e. The summed E-state index contributed by atoms with van der Waals surface area (Å²) in [5, 5.41) is 13.5. The zero-order valence-corrected chi connectivity index (χ0v) is 20.1. The molecule has 0 aliphatic carbocycles. The highest BCUT2D eigenvalue weighted by Crippen LogP contribution is 2.31. The lowest BCUT2D eigenvalue weighted by Gasteiger charge is -2.37. The topological polar surface area (TPSA) is 88.1 Å². The summed E-state index contributed by atoms with van der Waals surface area (Å²) < 4.78 is 29.2. The lowest BCUT2D eigenvalue weighted by Crippen LogP contribution is -2.54. The van der Waals surface area contributed by atoms with Crippen LogP contribution in [-0.2, 0) is 11.8 Å². The summed E-state index contributed by atoms with van der Waals surface area (Å²) in [4.78, 5) is 24.9. The predicted octanol–water partition coefficient (Wildman–Crippen LogP) is 3.40. The highest BCUT2D eigenvalue weighted by Gasteiger charge is 2.33. The van der Waals surface area contributed by atoms with Crippen LogP contribution >= 0.6 is 11.6 Å². The maximum Gasteiger partial charge on any atom is 0.251 e. The van der Waals surface area contributed by atoms with Gasteiger partial charge < -0.3 is 16.0 Å². The average Bonchev–Trinajstić information content (AvgIpc) is 3.19. The van der Waals surface area contributed by atoms with E-state index < -0.39 is 11.6 Å². The van der Waals surface area contributed by atoms with Crippen LogP contribution in [0.1, 0.15) is 34.7 Å². The van der Waals surface area contributed by atoms with Crippen molar-refractivity contribution in [1.82, 2.24) is 25.7 Å². The van der Waals surface area contributed by atoms with Crippen LogP contribution in [0.5, 0.6) is 0 Å². The van der Waals surface area contributed by atoms with Gasteiger partial charge in [-0.3, -0.25) is 14.3 Å². The van der Waals surface area contributed by atoms with Crippen molar-refractivity contribution >= 4 is 23.4 Å². The first-order valence-electron chi connectivity index (χ1n) is 11.2. The van der Waals surface area contributed by atoms with Gasteiger partial charge in [0.15, 0.2) is 11.6 Å². The van der Waals surface area contributed by atoms with Gasteiger partial charge in [-0.1, -0.05) is 29.8 Å². The molecular weight excluding hydrogens is 476 g/mol. The summed E-state index contributed by atoms with van der Waals surface area (Å²) in [6.45, 7) is 0.375. The van der Waals surface area contributed by atoms with Gasteiger partial charge in [0.2, 0.25) is 5.91 Å². The minimum absolute atomic E-state index is 0.123. The molecule has 1 unspecified atom stereocenters. The molecule has 35 heavy (non-hydrogen) atoms. The van der Waals surface area contributed by atoms with Crippen LogP contribution < -0.4 is 16.0 Å². The molecule has 3 aromatic rings. The van der Waals surface area contributed by atoms with E-state index in [1.165, 1.54) is 6.07 Å². The number of nitrogens with zero attached hydrogens (tertiary/aromatic N) is 2. The normalized spacial score (nSPS) is 19.9. The molecule has 7 nitrogen and oxygen atoms in total. The number of halogens is 3. The predicted molar refractivity (Wildman–Crippen MR) is 129 cm³/mol. The van der Waals surface area contributed by atoms with E-state index in [0.29, 0.717) is 29.1 Å². The third-order valence-electron chi connectivity index (χ3n) is 6.36. The zero-order chi connectivity index (χ0) is 25.1. The van der Waals surface area contributed by atoms with Crippen LogP contribution in [0.2, 0.25) is 5.02 Å². The molecule has 3 atom stereocenters. The van der Waals surface area contributed by atoms with E-state index in [4.69, 9.17) is 11.6 Å². The Bertz CT molecular complexity index is 1210. The summed E-state index contributed by atoms with van der Waals surface area (Å²) in [5.74, 6) is -2.60. The Kier molecular flexibility index (Phi) is 7.47. The number of rotatable bonds is 6. The lowest BCUT2D eigenvalue weighted by molar-refractivity contribution is -0.121. The molecule has 3 N–H and O–H groups in total. The number of hydrogen-bond acceptors (Lipinski definition) is 4. The average molecular weight is 502 g/mol. The molecule has 184 valence electrons. The second-order valence-electron chi connectivity index (χ2n) is 8.62. The van der Waals surface area contributed by atoms with Crippen molar-refractivity contribution in [2.24, 2.45) is 7.05 Å². The summed E-state index contributed by atoms with van der Waals surface area (Å²) in [6, 6.07) is 10.2. The Labute approximate surface area is 206 Å². The molecule has 2 aromatic carbocycles. The van der Waals surface area contributed by atoms with E-state index in [1.54, 1.807) is 49.2 Å². The monoisotopic (exact) mass is 501 g/mol. The SMILES string of the molecule is CNC(=O)CC1C[C@@H](c2ccc(F)c(F)c2)[C@H](NC(=O)c2ccc(-c3c(Cl)cnn3C)cc2)CN1. The molecule has 1 aromatic heterocycles. The number of aryl methyl sites for hydroxylation is 1. The summed E-state index contributed by atoms with van der Waals surface area (Å²) >= 11 is 6.21. The number of benzene rings is 2. The Morgan fingerprint density at radius 2 is 1.91 bits per heavy atom. The van der Waals surface area contributed by atoms with Crippen LogP contribution in [-0.4, -0.2) is 47.3 Å². The van der Waals surface area contributed by atoms with E-state index in [0.717, 1.165) is 23.4 Å². The molecule has 10 heteroatoms. The number of aromatic nitrogens is 2. The molecular formula is C25H26ClF2N5O2. The highest BCUT2D eigenvalue weighted by atomic mass is 35.5. The first-order chi connectivity index (χ1) is 16.8. The molecule has 2 heterocycles. The Balaban J connectivity index is 1.53. The molecule has 2 amide bonds. The molecule has 1 aliphatic heterocycles. The zero-order valence-electron chi connectivity index (χ0n) is 19.3. The van der Waals surface area contributed by atoms with Crippen molar-refractivity contribution in [3.63, 3.8) is 0 Å². The van der Waals surface area contributed by atoms with Gasteiger partial charge in [-0.15, -0.1) is 0 Å². The smallest absolute Gasteiger partial charge is 0.251 e. The quantitative estimate of drug-likeness (QED) is 0.483. The number of nitrogens with one attached hydrogen (secondary N) is 3. The van der Waals surface area contributed by atoms with Gasteiger partial charge in [0.25, 0.3) is 5.91 Å². The Morgan fingerprint density at radius 3 is 2.54 bits per heavy atom. The van der Waals surface area contributed by atoms with E-state index in [1.807, 2.05) is 0 Å². The minimum atomic E-state index is -0.946. The van der Waals surface area contributed by atoms with Crippen LogP contribution in [0.3, 0.4) is 0 Å².